The predicted molar refractivity (Wildman–Crippen MR) is 100 cm³/mol. The fourth-order valence-electron chi connectivity index (χ4n) is 3.31. The molecule has 1 atom stereocenters. The van der Waals surface area contributed by atoms with E-state index in [1.54, 1.807) is 0 Å². The molecule has 2 heterocycles. The number of piperidine rings is 1. The third-order valence-corrected chi connectivity index (χ3v) is 4.60. The number of likely N-dealkylation sites (tertiary alicyclic amines) is 1. The highest BCUT2D eigenvalue weighted by Gasteiger charge is 2.16. The second-order valence-electron chi connectivity index (χ2n) is 6.97. The zero-order valence-electron chi connectivity index (χ0n) is 14.9. The summed E-state index contributed by atoms with van der Waals surface area (Å²) in [7, 11) is 0. The molecule has 7 nitrogen and oxygen atoms in total. The summed E-state index contributed by atoms with van der Waals surface area (Å²) in [5.74, 6) is 0.426. The highest BCUT2D eigenvalue weighted by atomic mass is 16.2. The minimum Gasteiger partial charge on any atom is -0.325 e. The minimum atomic E-state index is -0.598. The molecule has 2 N–H and O–H groups in total. The normalized spacial score (nSPS) is 17.8. The lowest BCUT2D eigenvalue weighted by atomic mass is 10.00. The molecule has 1 fully saturated rings. The van der Waals surface area contributed by atoms with Crippen LogP contribution in [0.5, 0.6) is 0 Å². The largest absolute Gasteiger partial charge is 0.328 e. The summed E-state index contributed by atoms with van der Waals surface area (Å²) in [5.41, 5.74) is 0.821. The fraction of sp³-hybridized carbons (Fsp3) is 0.421. The molecule has 1 aliphatic rings. The monoisotopic (exact) mass is 356 g/mol. The van der Waals surface area contributed by atoms with Crippen molar-refractivity contribution in [3.8, 4) is 0 Å². The zero-order valence-corrected chi connectivity index (χ0v) is 14.9. The molecule has 0 unspecified atom stereocenters. The van der Waals surface area contributed by atoms with E-state index in [-0.39, 0.29) is 12.5 Å². The van der Waals surface area contributed by atoms with Crippen molar-refractivity contribution in [1.82, 2.24) is 14.5 Å². The number of hydrogen-bond donors (Lipinski definition) is 2. The third-order valence-electron chi connectivity index (χ3n) is 4.60. The quantitative estimate of drug-likeness (QED) is 0.848. The first-order valence-electron chi connectivity index (χ1n) is 8.90. The van der Waals surface area contributed by atoms with E-state index in [1.165, 1.54) is 30.7 Å². The lowest BCUT2D eigenvalue weighted by Crippen LogP contribution is -2.33. The zero-order chi connectivity index (χ0) is 18.5. The molecule has 0 bridgehead atoms. The maximum Gasteiger partial charge on any atom is 0.328 e. The van der Waals surface area contributed by atoms with Crippen molar-refractivity contribution in [3.05, 3.63) is 62.9 Å². The molecular formula is C19H24N4O3. The van der Waals surface area contributed by atoms with Gasteiger partial charge in [0, 0.05) is 31.0 Å². The van der Waals surface area contributed by atoms with Crippen LogP contribution in [0.15, 0.2) is 46.1 Å². The number of anilines is 1. The first-order chi connectivity index (χ1) is 12.5. The summed E-state index contributed by atoms with van der Waals surface area (Å²) < 4.78 is 1.16. The van der Waals surface area contributed by atoms with Crippen molar-refractivity contribution in [2.24, 2.45) is 5.92 Å². The van der Waals surface area contributed by atoms with Crippen LogP contribution < -0.4 is 16.6 Å². The lowest BCUT2D eigenvalue weighted by Gasteiger charge is -2.30. The second kappa shape index (κ2) is 8.14. The molecule has 2 aromatic rings. The van der Waals surface area contributed by atoms with Crippen molar-refractivity contribution >= 4 is 11.6 Å². The number of carbonyl (C=O) groups excluding carboxylic acids is 1. The van der Waals surface area contributed by atoms with Gasteiger partial charge in [-0.05, 0) is 43.0 Å². The van der Waals surface area contributed by atoms with Crippen LogP contribution in [0.2, 0.25) is 0 Å². The Morgan fingerprint density at radius 2 is 2.00 bits per heavy atom. The van der Waals surface area contributed by atoms with Crippen LogP contribution in [0.25, 0.3) is 0 Å². The maximum absolute atomic E-state index is 12.1. The summed E-state index contributed by atoms with van der Waals surface area (Å²) in [6.45, 7) is 5.33. The molecule has 0 aliphatic carbocycles. The predicted octanol–water partition coefficient (Wildman–Crippen LogP) is 1.41. The van der Waals surface area contributed by atoms with E-state index >= 15 is 0 Å². The van der Waals surface area contributed by atoms with Crippen molar-refractivity contribution in [3.63, 3.8) is 0 Å². The Labute approximate surface area is 151 Å². The molecule has 1 aliphatic heterocycles. The van der Waals surface area contributed by atoms with Crippen molar-refractivity contribution < 1.29 is 4.79 Å². The van der Waals surface area contributed by atoms with Crippen molar-refractivity contribution in [2.75, 3.05) is 18.4 Å². The number of amides is 1. The number of nitrogens with zero attached hydrogens (tertiary/aromatic N) is 2. The van der Waals surface area contributed by atoms with Crippen LogP contribution in [0.4, 0.5) is 5.69 Å². The van der Waals surface area contributed by atoms with Gasteiger partial charge in [0.05, 0.1) is 0 Å². The average molecular weight is 356 g/mol. The molecule has 7 heteroatoms. The van der Waals surface area contributed by atoms with E-state index < -0.39 is 11.2 Å². The Morgan fingerprint density at radius 1 is 1.23 bits per heavy atom. The SMILES string of the molecule is C[C@H]1CCCN(Cc2ccc(NC(=O)Cn3ccc(=O)[nH]c3=O)cc2)C1. The van der Waals surface area contributed by atoms with Gasteiger partial charge in [0.2, 0.25) is 5.91 Å². The van der Waals surface area contributed by atoms with Crippen molar-refractivity contribution in [2.45, 2.75) is 32.9 Å². The Hall–Kier alpha value is -2.67. The summed E-state index contributed by atoms with van der Waals surface area (Å²) in [6.07, 6.45) is 3.86. The minimum absolute atomic E-state index is 0.150. The Bertz CT molecular complexity index is 869. The number of hydrogen-bond acceptors (Lipinski definition) is 4. The Morgan fingerprint density at radius 3 is 2.69 bits per heavy atom. The van der Waals surface area contributed by atoms with Gasteiger partial charge in [0.25, 0.3) is 5.56 Å². The molecule has 0 spiro atoms. The first-order valence-corrected chi connectivity index (χ1v) is 8.90. The molecule has 0 radical (unpaired) electrons. The van der Waals surface area contributed by atoms with Crippen LogP contribution in [-0.2, 0) is 17.9 Å². The van der Waals surface area contributed by atoms with E-state index in [2.05, 4.69) is 22.1 Å². The van der Waals surface area contributed by atoms with Crippen LogP contribution in [0, 0.1) is 5.92 Å². The van der Waals surface area contributed by atoms with Crippen LogP contribution >= 0.6 is 0 Å². The molecule has 1 aromatic carbocycles. The van der Waals surface area contributed by atoms with Crippen molar-refractivity contribution in [1.29, 1.82) is 0 Å². The molecule has 1 saturated heterocycles. The molecule has 26 heavy (non-hydrogen) atoms. The van der Waals surface area contributed by atoms with Gasteiger partial charge in [-0.15, -0.1) is 0 Å². The van der Waals surface area contributed by atoms with Gasteiger partial charge in [0.15, 0.2) is 0 Å². The summed E-state index contributed by atoms with van der Waals surface area (Å²) in [5, 5.41) is 2.77. The molecule has 0 saturated carbocycles. The van der Waals surface area contributed by atoms with Gasteiger partial charge in [-0.25, -0.2) is 4.79 Å². The number of rotatable bonds is 5. The number of aromatic nitrogens is 2. The highest BCUT2D eigenvalue weighted by molar-refractivity contribution is 5.90. The molecule has 3 rings (SSSR count). The number of aromatic amines is 1. The topological polar surface area (TPSA) is 87.2 Å². The Kier molecular flexibility index (Phi) is 5.68. The fourth-order valence-corrected chi connectivity index (χ4v) is 3.31. The second-order valence-corrected chi connectivity index (χ2v) is 6.97. The van der Waals surface area contributed by atoms with Crippen LogP contribution in [-0.4, -0.2) is 33.4 Å². The summed E-state index contributed by atoms with van der Waals surface area (Å²) in [4.78, 5) is 39.3. The first kappa shape index (κ1) is 18.1. The van der Waals surface area contributed by atoms with Crippen LogP contribution in [0.1, 0.15) is 25.3 Å². The number of benzene rings is 1. The smallest absolute Gasteiger partial charge is 0.325 e. The number of H-pyrrole nitrogens is 1. The van der Waals surface area contributed by atoms with Gasteiger partial charge in [0.1, 0.15) is 6.54 Å². The molecule has 138 valence electrons. The van der Waals surface area contributed by atoms with Gasteiger partial charge >= 0.3 is 5.69 Å². The van der Waals surface area contributed by atoms with Crippen LogP contribution in [0.3, 0.4) is 0 Å². The van der Waals surface area contributed by atoms with Gasteiger partial charge in [-0.2, -0.15) is 0 Å². The average Bonchev–Trinajstić information content (AvgIpc) is 2.59. The van der Waals surface area contributed by atoms with Gasteiger partial charge < -0.3 is 5.32 Å². The maximum atomic E-state index is 12.1. The lowest BCUT2D eigenvalue weighted by molar-refractivity contribution is -0.116. The summed E-state index contributed by atoms with van der Waals surface area (Å²) in [6, 6.07) is 8.99. The van der Waals surface area contributed by atoms with E-state index in [0.717, 1.165) is 30.1 Å². The van der Waals surface area contributed by atoms with E-state index in [4.69, 9.17) is 0 Å². The number of carbonyl (C=O) groups is 1. The van der Waals surface area contributed by atoms with E-state index in [0.29, 0.717) is 5.69 Å². The van der Waals surface area contributed by atoms with E-state index in [9.17, 15) is 14.4 Å². The highest BCUT2D eigenvalue weighted by Crippen LogP contribution is 2.18. The molecule has 1 amide bonds. The summed E-state index contributed by atoms with van der Waals surface area (Å²) >= 11 is 0. The van der Waals surface area contributed by atoms with Gasteiger partial charge in [-0.1, -0.05) is 19.1 Å². The third kappa shape index (κ3) is 4.92. The standard InChI is InChI=1S/C19H24N4O3/c1-14-3-2-9-22(11-14)12-15-4-6-16(7-5-15)20-18(25)13-23-10-8-17(24)21-19(23)26/h4-8,10,14H,2-3,9,11-13H2,1H3,(H,20,25)(H,21,24,26)/t14-/m0/s1. The van der Waals surface area contributed by atoms with E-state index in [1.807, 2.05) is 24.3 Å². The number of nitrogens with one attached hydrogen (secondary N) is 2. The molecule has 1 aromatic heterocycles. The van der Waals surface area contributed by atoms with Gasteiger partial charge in [-0.3, -0.25) is 24.0 Å². The Balaban J connectivity index is 1.55. The molecular weight excluding hydrogens is 332 g/mol.